The second-order valence-electron chi connectivity index (χ2n) is 5.97. The van der Waals surface area contributed by atoms with Crippen LogP contribution in [0.3, 0.4) is 0 Å². The summed E-state index contributed by atoms with van der Waals surface area (Å²) in [5, 5.41) is 4.78. The van der Waals surface area contributed by atoms with Gasteiger partial charge in [-0.05, 0) is 32.2 Å². The van der Waals surface area contributed by atoms with Gasteiger partial charge in [0.25, 0.3) is 0 Å². The Bertz CT molecular complexity index is 726. The minimum Gasteiger partial charge on any atom is -0.353 e. The van der Waals surface area contributed by atoms with Crippen molar-refractivity contribution in [3.8, 4) is 0 Å². The van der Waals surface area contributed by atoms with Crippen molar-refractivity contribution in [2.24, 2.45) is 4.99 Å². The van der Waals surface area contributed by atoms with Crippen LogP contribution in [0.5, 0.6) is 0 Å². The van der Waals surface area contributed by atoms with Crippen LogP contribution in [0.1, 0.15) is 17.9 Å². The number of nitrogens with one attached hydrogen (secondary N) is 1. The number of hydrogen-bond donors (Lipinski definition) is 1. The number of piperazine rings is 1. The molecular weight excluding hydrogens is 304 g/mol. The van der Waals surface area contributed by atoms with Crippen molar-refractivity contribution in [3.63, 3.8) is 0 Å². The van der Waals surface area contributed by atoms with Gasteiger partial charge in [0.1, 0.15) is 10.8 Å². The van der Waals surface area contributed by atoms with E-state index < -0.39 is 0 Å². The molecule has 122 valence electrons. The van der Waals surface area contributed by atoms with Crippen molar-refractivity contribution in [1.29, 1.82) is 0 Å². The Morgan fingerprint density at radius 2 is 1.87 bits per heavy atom. The van der Waals surface area contributed by atoms with Crippen molar-refractivity contribution in [2.75, 3.05) is 38.5 Å². The molecule has 2 aliphatic rings. The van der Waals surface area contributed by atoms with Crippen LogP contribution < -0.4 is 5.32 Å². The lowest BCUT2D eigenvalue weighted by atomic mass is 10.2. The molecule has 3 heterocycles. The van der Waals surface area contributed by atoms with E-state index in [1.54, 1.807) is 11.3 Å². The van der Waals surface area contributed by atoms with Crippen molar-refractivity contribution in [2.45, 2.75) is 14.4 Å². The van der Waals surface area contributed by atoms with E-state index in [1.165, 1.54) is 15.4 Å². The van der Waals surface area contributed by atoms with Crippen molar-refractivity contribution in [1.82, 2.24) is 9.80 Å². The van der Waals surface area contributed by atoms with Crippen LogP contribution in [0.2, 0.25) is 0 Å². The Hall–Kier alpha value is -1.85. The van der Waals surface area contributed by atoms with E-state index in [0.717, 1.165) is 43.4 Å². The first-order chi connectivity index (χ1) is 10.7. The van der Waals surface area contributed by atoms with Gasteiger partial charge in [-0.25, -0.2) is 4.99 Å². The molecule has 0 radical (unpaired) electrons. The first-order valence-corrected chi connectivity index (χ1v) is 8.51. The van der Waals surface area contributed by atoms with Gasteiger partial charge in [0.2, 0.25) is 0 Å². The van der Waals surface area contributed by atoms with E-state index in [2.05, 4.69) is 59.4 Å². The number of aliphatic imine (C=N–C) groups is 1. The van der Waals surface area contributed by atoms with E-state index >= 15 is 0 Å². The fourth-order valence-electron chi connectivity index (χ4n) is 3.01. The first-order valence-electron chi connectivity index (χ1n) is 7.70. The van der Waals surface area contributed by atoms with Crippen LogP contribution in [0.25, 0.3) is 0 Å². The van der Waals surface area contributed by atoms with Gasteiger partial charge >= 0.3 is 0 Å². The number of nitrogens with zero attached hydrogens (tertiary/aromatic N) is 3. The fraction of sp³-hybridized carbons (Fsp3) is 0.389. The predicted molar refractivity (Wildman–Crippen MR) is 101 cm³/mol. The normalized spacial score (nSPS) is 17.3. The molecule has 5 heteroatoms. The molecule has 0 amide bonds. The van der Waals surface area contributed by atoms with Crippen LogP contribution >= 0.6 is 11.3 Å². The van der Waals surface area contributed by atoms with Crippen molar-refractivity contribution in [3.05, 3.63) is 40.8 Å². The SMILES string of the molecule is C.Cc1cc2c(s1)Nc1ccccc1N=C2N1CCN(C)CC1. The quantitative estimate of drug-likeness (QED) is 0.791. The molecule has 4 rings (SSSR count). The number of likely N-dealkylation sites (N-methyl/N-ethyl adjacent to an activating group) is 1. The Morgan fingerprint density at radius 1 is 1.13 bits per heavy atom. The minimum absolute atomic E-state index is 0. The van der Waals surface area contributed by atoms with Crippen LogP contribution in [-0.4, -0.2) is 48.9 Å². The number of amidine groups is 1. The molecular formula is C18H24N4S. The molecule has 1 aromatic carbocycles. The molecule has 1 saturated heterocycles. The van der Waals surface area contributed by atoms with E-state index in [0.29, 0.717) is 0 Å². The molecule has 0 aliphatic carbocycles. The summed E-state index contributed by atoms with van der Waals surface area (Å²) >= 11 is 1.81. The second kappa shape index (κ2) is 6.34. The number of thiophene rings is 1. The zero-order valence-corrected chi connectivity index (χ0v) is 13.8. The highest BCUT2D eigenvalue weighted by Gasteiger charge is 2.25. The number of fused-ring (bicyclic) bond motifs is 2. The molecule has 0 saturated carbocycles. The summed E-state index contributed by atoms with van der Waals surface area (Å²) in [7, 11) is 2.18. The van der Waals surface area contributed by atoms with Gasteiger partial charge in [-0.2, -0.15) is 0 Å². The summed E-state index contributed by atoms with van der Waals surface area (Å²) in [6.45, 7) is 6.41. The second-order valence-corrected chi connectivity index (χ2v) is 7.22. The maximum Gasteiger partial charge on any atom is 0.139 e. The van der Waals surface area contributed by atoms with E-state index in [9.17, 15) is 0 Å². The van der Waals surface area contributed by atoms with Gasteiger partial charge in [-0.1, -0.05) is 19.6 Å². The van der Waals surface area contributed by atoms with Gasteiger partial charge < -0.3 is 15.1 Å². The zero-order valence-electron chi connectivity index (χ0n) is 13.0. The molecule has 1 fully saturated rings. The molecule has 4 nitrogen and oxygen atoms in total. The Kier molecular flexibility index (Phi) is 4.41. The van der Waals surface area contributed by atoms with E-state index in [-0.39, 0.29) is 7.43 Å². The molecule has 0 bridgehead atoms. The summed E-state index contributed by atoms with van der Waals surface area (Å²) in [6.07, 6.45) is 0. The fourth-order valence-corrected chi connectivity index (χ4v) is 3.93. The maximum absolute atomic E-state index is 5.01. The van der Waals surface area contributed by atoms with Crippen LogP contribution in [0.15, 0.2) is 35.3 Å². The predicted octanol–water partition coefficient (Wildman–Crippen LogP) is 4.08. The number of aryl methyl sites for hydroxylation is 1. The van der Waals surface area contributed by atoms with E-state index in [1.807, 2.05) is 0 Å². The molecule has 0 atom stereocenters. The lowest BCUT2D eigenvalue weighted by Crippen LogP contribution is -2.47. The first kappa shape index (κ1) is 16.0. The maximum atomic E-state index is 5.01. The van der Waals surface area contributed by atoms with Crippen LogP contribution in [0.4, 0.5) is 16.4 Å². The molecule has 0 spiro atoms. The molecule has 1 aromatic heterocycles. The lowest BCUT2D eigenvalue weighted by Gasteiger charge is -2.34. The average molecular weight is 328 g/mol. The average Bonchev–Trinajstić information content (AvgIpc) is 2.80. The van der Waals surface area contributed by atoms with Gasteiger partial charge in [-0.15, -0.1) is 11.3 Å². The summed E-state index contributed by atoms with van der Waals surface area (Å²) in [4.78, 5) is 11.1. The minimum atomic E-state index is 0. The highest BCUT2D eigenvalue weighted by atomic mass is 32.1. The number of rotatable bonds is 0. The number of benzene rings is 1. The lowest BCUT2D eigenvalue weighted by molar-refractivity contribution is 0.216. The zero-order chi connectivity index (χ0) is 15.1. The summed E-state index contributed by atoms with van der Waals surface area (Å²) in [6, 6.07) is 10.6. The Labute approximate surface area is 142 Å². The van der Waals surface area contributed by atoms with Gasteiger partial charge in [0.15, 0.2) is 0 Å². The van der Waals surface area contributed by atoms with E-state index in [4.69, 9.17) is 4.99 Å². The third-order valence-corrected chi connectivity index (χ3v) is 5.24. The largest absolute Gasteiger partial charge is 0.353 e. The number of hydrogen-bond acceptors (Lipinski definition) is 5. The highest BCUT2D eigenvalue weighted by Crippen LogP contribution is 2.39. The number of anilines is 2. The van der Waals surface area contributed by atoms with Gasteiger partial charge in [0.05, 0.1) is 16.9 Å². The topological polar surface area (TPSA) is 30.9 Å². The molecule has 23 heavy (non-hydrogen) atoms. The Morgan fingerprint density at radius 3 is 2.65 bits per heavy atom. The summed E-state index contributed by atoms with van der Waals surface area (Å²) < 4.78 is 0. The summed E-state index contributed by atoms with van der Waals surface area (Å²) in [5.41, 5.74) is 3.36. The molecule has 0 unspecified atom stereocenters. The van der Waals surface area contributed by atoms with Crippen LogP contribution in [-0.2, 0) is 0 Å². The third kappa shape index (κ3) is 2.99. The monoisotopic (exact) mass is 328 g/mol. The van der Waals surface area contributed by atoms with Gasteiger partial charge in [-0.3, -0.25) is 0 Å². The molecule has 2 aromatic rings. The smallest absolute Gasteiger partial charge is 0.139 e. The summed E-state index contributed by atoms with van der Waals surface area (Å²) in [5.74, 6) is 1.12. The molecule has 1 N–H and O–H groups in total. The van der Waals surface area contributed by atoms with Crippen molar-refractivity contribution >= 4 is 33.5 Å². The van der Waals surface area contributed by atoms with Crippen LogP contribution in [0, 0.1) is 6.92 Å². The van der Waals surface area contributed by atoms with Gasteiger partial charge in [0, 0.05) is 31.1 Å². The Balaban J connectivity index is 0.00000156. The number of para-hydroxylation sites is 2. The third-order valence-electron chi connectivity index (χ3n) is 4.28. The highest BCUT2D eigenvalue weighted by molar-refractivity contribution is 7.16. The van der Waals surface area contributed by atoms with Crippen molar-refractivity contribution < 1.29 is 0 Å². The molecule has 2 aliphatic heterocycles. The standard InChI is InChI=1S/C17H20N4S.CH4/c1-12-11-13-16(21-9-7-20(2)8-10-21)18-14-5-3-4-6-15(14)19-17(13)22-12;/h3-6,11,19H,7-10H2,1-2H3;1H4.